The minimum absolute atomic E-state index is 0.00319. The minimum atomic E-state index is -3.12. The average molecular weight is 214 g/mol. The maximum atomic E-state index is 12.4. The zero-order chi connectivity index (χ0) is 11.1. The number of carbonyl (C=O) groups is 1. The Labute approximate surface area is 84.3 Å². The SMILES string of the molecule is O=C1CC(O)(C(F)F)Oc2ccccc21. The second-order valence-corrected chi connectivity index (χ2v) is 3.34. The number of ketones is 1. The highest BCUT2D eigenvalue weighted by molar-refractivity contribution is 6.00. The van der Waals surface area contributed by atoms with E-state index in [4.69, 9.17) is 4.74 Å². The van der Waals surface area contributed by atoms with Crippen LogP contribution in [0.2, 0.25) is 0 Å². The Morgan fingerprint density at radius 3 is 2.73 bits per heavy atom. The van der Waals surface area contributed by atoms with Gasteiger partial charge in [0.05, 0.1) is 12.0 Å². The van der Waals surface area contributed by atoms with Gasteiger partial charge in [-0.25, -0.2) is 8.78 Å². The number of Topliss-reactive ketones (excluding diaryl/α,β-unsaturated/α-hetero) is 1. The van der Waals surface area contributed by atoms with Crippen LogP contribution in [0.4, 0.5) is 8.78 Å². The van der Waals surface area contributed by atoms with Gasteiger partial charge in [-0.15, -0.1) is 0 Å². The van der Waals surface area contributed by atoms with E-state index in [2.05, 4.69) is 0 Å². The zero-order valence-corrected chi connectivity index (χ0v) is 7.61. The van der Waals surface area contributed by atoms with E-state index in [-0.39, 0.29) is 11.3 Å². The Morgan fingerprint density at radius 2 is 2.07 bits per heavy atom. The molecule has 0 fully saturated rings. The maximum absolute atomic E-state index is 12.4. The normalized spacial score (nSPS) is 24.9. The second kappa shape index (κ2) is 3.27. The number of hydrogen-bond donors (Lipinski definition) is 1. The molecular weight excluding hydrogens is 206 g/mol. The van der Waals surface area contributed by atoms with E-state index in [0.717, 1.165) is 0 Å². The van der Waals surface area contributed by atoms with Gasteiger partial charge in [-0.2, -0.15) is 0 Å². The molecule has 1 aliphatic heterocycles. The molecule has 1 N–H and O–H groups in total. The van der Waals surface area contributed by atoms with E-state index in [0.29, 0.717) is 0 Å². The summed E-state index contributed by atoms with van der Waals surface area (Å²) in [4.78, 5) is 11.4. The molecule has 1 aliphatic rings. The first-order valence-corrected chi connectivity index (χ1v) is 4.35. The first-order chi connectivity index (χ1) is 7.03. The molecule has 0 amide bonds. The van der Waals surface area contributed by atoms with Gasteiger partial charge in [0.15, 0.2) is 5.78 Å². The third-order valence-corrected chi connectivity index (χ3v) is 2.23. The molecule has 2 rings (SSSR count). The number of aliphatic hydroxyl groups is 1. The van der Waals surface area contributed by atoms with E-state index in [1.54, 1.807) is 12.1 Å². The summed E-state index contributed by atoms with van der Waals surface area (Å²) in [7, 11) is 0. The van der Waals surface area contributed by atoms with Crippen molar-refractivity contribution in [1.82, 2.24) is 0 Å². The highest BCUT2D eigenvalue weighted by Crippen LogP contribution is 2.34. The second-order valence-electron chi connectivity index (χ2n) is 3.34. The van der Waals surface area contributed by atoms with Gasteiger partial charge in [0.2, 0.25) is 0 Å². The lowest BCUT2D eigenvalue weighted by atomic mass is 9.99. The van der Waals surface area contributed by atoms with Gasteiger partial charge in [-0.05, 0) is 12.1 Å². The lowest BCUT2D eigenvalue weighted by Gasteiger charge is -2.32. The standard InChI is InChI=1S/C10H8F2O3/c11-9(12)10(14)5-7(13)6-3-1-2-4-8(6)15-10/h1-4,9,14H,5H2. The van der Waals surface area contributed by atoms with Crippen molar-refractivity contribution in [2.45, 2.75) is 18.6 Å². The summed E-state index contributed by atoms with van der Waals surface area (Å²) in [6, 6.07) is 6.00. The molecule has 1 aromatic carbocycles. The number of halogens is 2. The van der Waals surface area contributed by atoms with Crippen LogP contribution in [-0.4, -0.2) is 23.1 Å². The first-order valence-electron chi connectivity index (χ1n) is 4.35. The highest BCUT2D eigenvalue weighted by atomic mass is 19.3. The molecule has 1 atom stereocenters. The van der Waals surface area contributed by atoms with E-state index >= 15 is 0 Å². The molecule has 0 bridgehead atoms. The van der Waals surface area contributed by atoms with E-state index < -0.39 is 24.4 Å². The summed E-state index contributed by atoms with van der Waals surface area (Å²) in [6.45, 7) is 0. The fourth-order valence-corrected chi connectivity index (χ4v) is 1.46. The molecule has 1 heterocycles. The molecule has 0 aliphatic carbocycles. The largest absolute Gasteiger partial charge is 0.455 e. The number of carbonyl (C=O) groups excluding carboxylic acids is 1. The van der Waals surface area contributed by atoms with Crippen LogP contribution >= 0.6 is 0 Å². The monoisotopic (exact) mass is 214 g/mol. The lowest BCUT2D eigenvalue weighted by molar-refractivity contribution is -0.220. The van der Waals surface area contributed by atoms with Crippen molar-refractivity contribution in [2.75, 3.05) is 0 Å². The minimum Gasteiger partial charge on any atom is -0.455 e. The van der Waals surface area contributed by atoms with E-state index in [1.807, 2.05) is 0 Å². The van der Waals surface area contributed by atoms with Crippen LogP contribution in [0.25, 0.3) is 0 Å². The maximum Gasteiger partial charge on any atom is 0.302 e. The fraction of sp³-hybridized carbons (Fsp3) is 0.300. The number of hydrogen-bond acceptors (Lipinski definition) is 3. The van der Waals surface area contributed by atoms with Gasteiger partial charge < -0.3 is 9.84 Å². The number of para-hydroxylation sites is 1. The van der Waals surface area contributed by atoms with Gasteiger partial charge >= 0.3 is 6.43 Å². The molecule has 15 heavy (non-hydrogen) atoms. The summed E-state index contributed by atoms with van der Waals surface area (Å²) in [6.07, 6.45) is -3.84. The van der Waals surface area contributed by atoms with Gasteiger partial charge in [-0.3, -0.25) is 4.79 Å². The number of benzene rings is 1. The lowest BCUT2D eigenvalue weighted by Crippen LogP contribution is -2.48. The molecule has 80 valence electrons. The number of rotatable bonds is 1. The van der Waals surface area contributed by atoms with Gasteiger partial charge in [-0.1, -0.05) is 12.1 Å². The van der Waals surface area contributed by atoms with Crippen molar-refractivity contribution >= 4 is 5.78 Å². The predicted molar refractivity (Wildman–Crippen MR) is 47.0 cm³/mol. The van der Waals surface area contributed by atoms with Crippen LogP contribution < -0.4 is 4.74 Å². The molecular formula is C10H8F2O3. The van der Waals surface area contributed by atoms with E-state index in [1.165, 1.54) is 12.1 Å². The summed E-state index contributed by atoms with van der Waals surface area (Å²) >= 11 is 0. The Morgan fingerprint density at radius 1 is 1.40 bits per heavy atom. The zero-order valence-electron chi connectivity index (χ0n) is 7.61. The highest BCUT2D eigenvalue weighted by Gasteiger charge is 2.46. The molecule has 0 saturated heterocycles. The van der Waals surface area contributed by atoms with Gasteiger partial charge in [0, 0.05) is 0 Å². The molecule has 1 unspecified atom stereocenters. The fourth-order valence-electron chi connectivity index (χ4n) is 1.46. The Balaban J connectivity index is 2.42. The predicted octanol–water partition coefficient (Wildman–Crippen LogP) is 1.61. The van der Waals surface area contributed by atoms with Crippen LogP contribution in [-0.2, 0) is 0 Å². The van der Waals surface area contributed by atoms with Crippen molar-refractivity contribution < 1.29 is 23.4 Å². The summed E-state index contributed by atoms with van der Waals surface area (Å²) in [5.41, 5.74) is 0.225. The molecule has 5 heteroatoms. The van der Waals surface area contributed by atoms with Gasteiger partial charge in [0.25, 0.3) is 5.79 Å². The smallest absolute Gasteiger partial charge is 0.302 e. The van der Waals surface area contributed by atoms with Crippen LogP contribution in [0, 0.1) is 0 Å². The average Bonchev–Trinajstić information content (AvgIpc) is 2.17. The number of alkyl halides is 2. The molecule has 0 radical (unpaired) electrons. The third kappa shape index (κ3) is 1.59. The van der Waals surface area contributed by atoms with E-state index in [9.17, 15) is 18.7 Å². The van der Waals surface area contributed by atoms with Gasteiger partial charge in [0.1, 0.15) is 5.75 Å². The summed E-state index contributed by atoms with van der Waals surface area (Å²) < 4.78 is 29.6. The number of ether oxygens (including phenoxy) is 1. The molecule has 0 saturated carbocycles. The number of fused-ring (bicyclic) bond motifs is 1. The Bertz CT molecular complexity index is 405. The molecule has 3 nitrogen and oxygen atoms in total. The molecule has 0 aromatic heterocycles. The first kappa shape index (κ1) is 10.0. The Kier molecular flexibility index (Phi) is 2.19. The van der Waals surface area contributed by atoms with Crippen LogP contribution in [0.5, 0.6) is 5.75 Å². The van der Waals surface area contributed by atoms with Crippen LogP contribution in [0.3, 0.4) is 0 Å². The van der Waals surface area contributed by atoms with Crippen molar-refractivity contribution in [3.63, 3.8) is 0 Å². The van der Waals surface area contributed by atoms with Crippen LogP contribution in [0.1, 0.15) is 16.8 Å². The van der Waals surface area contributed by atoms with Crippen molar-refractivity contribution in [3.05, 3.63) is 29.8 Å². The van der Waals surface area contributed by atoms with Crippen LogP contribution in [0.15, 0.2) is 24.3 Å². The third-order valence-electron chi connectivity index (χ3n) is 2.23. The van der Waals surface area contributed by atoms with Crippen molar-refractivity contribution in [2.24, 2.45) is 0 Å². The van der Waals surface area contributed by atoms with Crippen molar-refractivity contribution in [3.8, 4) is 5.75 Å². The van der Waals surface area contributed by atoms with Crippen molar-refractivity contribution in [1.29, 1.82) is 0 Å². The quantitative estimate of drug-likeness (QED) is 0.772. The topological polar surface area (TPSA) is 46.5 Å². The molecule has 1 aromatic rings. The Hall–Kier alpha value is -1.49. The summed E-state index contributed by atoms with van der Waals surface area (Å²) in [5, 5.41) is 9.37. The molecule has 0 spiro atoms. The summed E-state index contributed by atoms with van der Waals surface area (Å²) in [5.74, 6) is -3.23.